The van der Waals surface area contributed by atoms with E-state index in [1.54, 1.807) is 0 Å². The van der Waals surface area contributed by atoms with E-state index >= 15 is 0 Å². The molecule has 4 atom stereocenters. The standard InChI is InChI=1S/C19H24O4/c1-13(19-12-22-19)23-17-4-2-3-15(9-17)14-5-7-16(8-6-14)20-10-18-11-21-18/h2-5,9,13,16,18-19H,6-8,10-12H2,1H3. The highest BCUT2D eigenvalue weighted by atomic mass is 16.6. The van der Waals surface area contributed by atoms with Crippen LogP contribution in [-0.2, 0) is 14.2 Å². The molecule has 0 N–H and O–H groups in total. The molecule has 4 unspecified atom stereocenters. The van der Waals surface area contributed by atoms with Crippen molar-refractivity contribution in [2.75, 3.05) is 19.8 Å². The third kappa shape index (κ3) is 4.14. The van der Waals surface area contributed by atoms with E-state index in [0.717, 1.165) is 44.8 Å². The Kier molecular flexibility index (Phi) is 4.38. The van der Waals surface area contributed by atoms with Crippen molar-refractivity contribution in [1.82, 2.24) is 0 Å². The van der Waals surface area contributed by atoms with E-state index in [0.29, 0.717) is 12.2 Å². The first-order valence-electron chi connectivity index (χ1n) is 8.59. The van der Waals surface area contributed by atoms with Crippen LogP contribution < -0.4 is 4.74 Å². The van der Waals surface area contributed by atoms with Crippen LogP contribution in [0.3, 0.4) is 0 Å². The van der Waals surface area contributed by atoms with Gasteiger partial charge < -0.3 is 18.9 Å². The Balaban J connectivity index is 1.35. The van der Waals surface area contributed by atoms with Crippen molar-refractivity contribution >= 4 is 5.57 Å². The van der Waals surface area contributed by atoms with Gasteiger partial charge in [0.1, 0.15) is 24.1 Å². The van der Waals surface area contributed by atoms with Gasteiger partial charge in [-0.1, -0.05) is 18.2 Å². The van der Waals surface area contributed by atoms with Gasteiger partial charge >= 0.3 is 0 Å². The van der Waals surface area contributed by atoms with Crippen LogP contribution in [0.5, 0.6) is 5.75 Å². The van der Waals surface area contributed by atoms with E-state index in [2.05, 4.69) is 31.2 Å². The SMILES string of the molecule is CC(Oc1cccc(C2=CCC(OCC3CO3)CC2)c1)C1CO1. The van der Waals surface area contributed by atoms with Gasteiger partial charge in [0.2, 0.25) is 0 Å². The molecule has 4 rings (SSSR count). The minimum atomic E-state index is 0.119. The van der Waals surface area contributed by atoms with E-state index in [9.17, 15) is 0 Å². The van der Waals surface area contributed by atoms with Crippen LogP contribution in [0.15, 0.2) is 30.3 Å². The summed E-state index contributed by atoms with van der Waals surface area (Å²) in [6.45, 7) is 4.50. The molecule has 2 aliphatic heterocycles. The Morgan fingerprint density at radius 1 is 1.26 bits per heavy atom. The molecule has 1 aromatic carbocycles. The zero-order chi connectivity index (χ0) is 15.6. The molecule has 2 heterocycles. The van der Waals surface area contributed by atoms with Crippen molar-refractivity contribution in [1.29, 1.82) is 0 Å². The summed E-state index contributed by atoms with van der Waals surface area (Å²) in [4.78, 5) is 0. The maximum atomic E-state index is 5.97. The summed E-state index contributed by atoms with van der Waals surface area (Å²) < 4.78 is 22.3. The van der Waals surface area contributed by atoms with Crippen molar-refractivity contribution in [3.05, 3.63) is 35.9 Å². The van der Waals surface area contributed by atoms with Crippen LogP contribution in [0.4, 0.5) is 0 Å². The van der Waals surface area contributed by atoms with Crippen molar-refractivity contribution in [2.24, 2.45) is 0 Å². The smallest absolute Gasteiger partial charge is 0.124 e. The molecule has 0 bridgehead atoms. The van der Waals surface area contributed by atoms with Crippen LogP contribution in [-0.4, -0.2) is 44.2 Å². The minimum absolute atomic E-state index is 0.119. The highest BCUT2D eigenvalue weighted by Gasteiger charge is 2.31. The van der Waals surface area contributed by atoms with E-state index < -0.39 is 0 Å². The second-order valence-corrected chi connectivity index (χ2v) is 6.64. The third-order valence-corrected chi connectivity index (χ3v) is 4.69. The summed E-state index contributed by atoms with van der Waals surface area (Å²) in [5, 5.41) is 0. The first-order valence-corrected chi connectivity index (χ1v) is 8.59. The van der Waals surface area contributed by atoms with Crippen molar-refractivity contribution in [3.63, 3.8) is 0 Å². The van der Waals surface area contributed by atoms with Crippen molar-refractivity contribution in [3.8, 4) is 5.75 Å². The fourth-order valence-corrected chi connectivity index (χ4v) is 3.02. The minimum Gasteiger partial charge on any atom is -0.488 e. The lowest BCUT2D eigenvalue weighted by Gasteiger charge is -2.22. The monoisotopic (exact) mass is 316 g/mol. The maximum Gasteiger partial charge on any atom is 0.124 e. The highest BCUT2D eigenvalue weighted by molar-refractivity contribution is 5.67. The number of rotatable bonds is 7. The molecule has 23 heavy (non-hydrogen) atoms. The Hall–Kier alpha value is -1.36. The Bertz CT molecular complexity index is 574. The highest BCUT2D eigenvalue weighted by Crippen LogP contribution is 2.31. The lowest BCUT2D eigenvalue weighted by molar-refractivity contribution is 0.0383. The Morgan fingerprint density at radius 2 is 2.13 bits per heavy atom. The topological polar surface area (TPSA) is 43.5 Å². The van der Waals surface area contributed by atoms with Crippen LogP contribution in [0.1, 0.15) is 31.7 Å². The normalized spacial score (nSPS) is 30.5. The summed E-state index contributed by atoms with van der Waals surface area (Å²) in [6, 6.07) is 8.40. The molecule has 2 saturated heterocycles. The summed E-state index contributed by atoms with van der Waals surface area (Å²) in [5.41, 5.74) is 2.66. The molecule has 0 saturated carbocycles. The van der Waals surface area contributed by atoms with Gasteiger partial charge in [-0.25, -0.2) is 0 Å². The molecule has 0 radical (unpaired) electrons. The fourth-order valence-electron chi connectivity index (χ4n) is 3.02. The molecule has 3 aliphatic rings. The molecule has 2 fully saturated rings. The van der Waals surface area contributed by atoms with E-state index in [4.69, 9.17) is 18.9 Å². The quantitative estimate of drug-likeness (QED) is 0.725. The van der Waals surface area contributed by atoms with E-state index in [1.165, 1.54) is 11.1 Å². The average Bonchev–Trinajstić information content (AvgIpc) is 3.48. The predicted octanol–water partition coefficient (Wildman–Crippen LogP) is 3.20. The van der Waals surface area contributed by atoms with Gasteiger partial charge in [0, 0.05) is 0 Å². The molecule has 1 aliphatic carbocycles. The third-order valence-electron chi connectivity index (χ3n) is 4.69. The molecular formula is C19H24O4. The van der Waals surface area contributed by atoms with Crippen LogP contribution in [0.2, 0.25) is 0 Å². The van der Waals surface area contributed by atoms with Gasteiger partial charge in [-0.15, -0.1) is 0 Å². The summed E-state index contributed by atoms with van der Waals surface area (Å²) in [7, 11) is 0. The number of benzene rings is 1. The maximum absolute atomic E-state index is 5.97. The first kappa shape index (κ1) is 15.2. The number of hydrogen-bond donors (Lipinski definition) is 0. The molecule has 4 nitrogen and oxygen atoms in total. The van der Waals surface area contributed by atoms with E-state index in [-0.39, 0.29) is 12.2 Å². The summed E-state index contributed by atoms with van der Waals surface area (Å²) in [6.07, 6.45) is 6.51. The summed E-state index contributed by atoms with van der Waals surface area (Å²) >= 11 is 0. The first-order chi connectivity index (χ1) is 11.3. The number of allylic oxidation sites excluding steroid dienone is 1. The zero-order valence-electron chi connectivity index (χ0n) is 13.6. The van der Waals surface area contributed by atoms with Gasteiger partial charge in [-0.3, -0.25) is 0 Å². The fraction of sp³-hybridized carbons (Fsp3) is 0.579. The molecule has 0 spiro atoms. The molecule has 0 aromatic heterocycles. The largest absolute Gasteiger partial charge is 0.488 e. The zero-order valence-corrected chi connectivity index (χ0v) is 13.6. The van der Waals surface area contributed by atoms with E-state index in [1.807, 2.05) is 6.07 Å². The molecule has 4 heteroatoms. The lowest BCUT2D eigenvalue weighted by Crippen LogP contribution is -2.19. The predicted molar refractivity (Wildman–Crippen MR) is 87.6 cm³/mol. The van der Waals surface area contributed by atoms with Crippen molar-refractivity contribution < 1.29 is 18.9 Å². The lowest BCUT2D eigenvalue weighted by atomic mass is 9.92. The average molecular weight is 316 g/mol. The Labute approximate surface area is 137 Å². The van der Waals surface area contributed by atoms with Crippen molar-refractivity contribution in [2.45, 2.75) is 50.6 Å². The van der Waals surface area contributed by atoms with Crippen LogP contribution in [0, 0.1) is 0 Å². The molecular weight excluding hydrogens is 292 g/mol. The Morgan fingerprint density at radius 3 is 2.83 bits per heavy atom. The summed E-state index contributed by atoms with van der Waals surface area (Å²) in [5.74, 6) is 0.927. The number of epoxide rings is 2. The molecule has 124 valence electrons. The molecule has 1 aromatic rings. The van der Waals surface area contributed by atoms with Gasteiger partial charge in [0.05, 0.1) is 25.9 Å². The van der Waals surface area contributed by atoms with Crippen LogP contribution in [0.25, 0.3) is 5.57 Å². The number of ether oxygens (including phenoxy) is 4. The molecule has 0 amide bonds. The second-order valence-electron chi connectivity index (χ2n) is 6.64. The van der Waals surface area contributed by atoms with Gasteiger partial charge in [0.25, 0.3) is 0 Å². The van der Waals surface area contributed by atoms with Gasteiger partial charge in [-0.2, -0.15) is 0 Å². The van der Waals surface area contributed by atoms with Gasteiger partial charge in [-0.05, 0) is 49.5 Å². The van der Waals surface area contributed by atoms with Crippen LogP contribution >= 0.6 is 0 Å². The number of hydrogen-bond acceptors (Lipinski definition) is 4. The van der Waals surface area contributed by atoms with Gasteiger partial charge in [0.15, 0.2) is 0 Å². The second kappa shape index (κ2) is 6.63.